The lowest BCUT2D eigenvalue weighted by Gasteiger charge is -2.05. The fourth-order valence-corrected chi connectivity index (χ4v) is 2.43. The minimum Gasteiger partial charge on any atom is -0.382 e. The second-order valence-electron chi connectivity index (χ2n) is 3.65. The Kier molecular flexibility index (Phi) is 2.23. The fraction of sp³-hybridized carbons (Fsp3) is 0.0833. The molecule has 0 radical (unpaired) electrons. The highest BCUT2D eigenvalue weighted by molar-refractivity contribution is 7.07. The molecule has 0 saturated carbocycles. The van der Waals surface area contributed by atoms with Gasteiger partial charge in [0.1, 0.15) is 6.10 Å². The Morgan fingerprint density at radius 1 is 1.38 bits per heavy atom. The smallest absolute Gasteiger partial charge is 0.120 e. The van der Waals surface area contributed by atoms with Gasteiger partial charge >= 0.3 is 0 Å². The Morgan fingerprint density at radius 2 is 2.31 bits per heavy atom. The fourth-order valence-electron chi connectivity index (χ4n) is 1.75. The van der Waals surface area contributed by atoms with Crippen LogP contribution in [-0.2, 0) is 0 Å². The second-order valence-corrected chi connectivity index (χ2v) is 4.43. The molecule has 0 bridgehead atoms. The van der Waals surface area contributed by atoms with Gasteiger partial charge in [-0.05, 0) is 34.5 Å². The van der Waals surface area contributed by atoms with E-state index < -0.39 is 6.10 Å². The third kappa shape index (κ3) is 1.52. The van der Waals surface area contributed by atoms with Crippen molar-refractivity contribution in [3.05, 3.63) is 52.6 Å². The molecule has 3 rings (SSSR count). The van der Waals surface area contributed by atoms with Crippen molar-refractivity contribution in [3.63, 3.8) is 0 Å². The van der Waals surface area contributed by atoms with Crippen LogP contribution in [0.15, 0.2) is 41.4 Å². The van der Waals surface area contributed by atoms with Crippen LogP contribution in [0.3, 0.4) is 0 Å². The van der Waals surface area contributed by atoms with E-state index in [-0.39, 0.29) is 0 Å². The SMILES string of the molecule is O[C@H](c1ccsc1)c1cc2ccncc2[nH]1. The summed E-state index contributed by atoms with van der Waals surface area (Å²) in [5, 5.41) is 15.1. The highest BCUT2D eigenvalue weighted by Gasteiger charge is 2.13. The van der Waals surface area contributed by atoms with Gasteiger partial charge in [0.25, 0.3) is 0 Å². The van der Waals surface area contributed by atoms with E-state index >= 15 is 0 Å². The molecule has 0 unspecified atom stereocenters. The van der Waals surface area contributed by atoms with Crippen LogP contribution in [0.2, 0.25) is 0 Å². The van der Waals surface area contributed by atoms with Crippen LogP contribution in [0.4, 0.5) is 0 Å². The molecule has 3 heterocycles. The van der Waals surface area contributed by atoms with Crippen molar-refractivity contribution in [1.29, 1.82) is 0 Å². The molecule has 16 heavy (non-hydrogen) atoms. The maximum absolute atomic E-state index is 10.1. The van der Waals surface area contributed by atoms with Crippen molar-refractivity contribution < 1.29 is 5.11 Å². The third-order valence-electron chi connectivity index (χ3n) is 2.60. The molecule has 0 fully saturated rings. The molecule has 3 aromatic heterocycles. The molecule has 0 saturated heterocycles. The number of nitrogens with one attached hydrogen (secondary N) is 1. The van der Waals surface area contributed by atoms with Crippen LogP contribution in [0.5, 0.6) is 0 Å². The lowest BCUT2D eigenvalue weighted by Crippen LogP contribution is -1.97. The van der Waals surface area contributed by atoms with Gasteiger partial charge in [0, 0.05) is 17.3 Å². The Balaban J connectivity index is 2.06. The van der Waals surface area contributed by atoms with Crippen molar-refractivity contribution in [2.75, 3.05) is 0 Å². The first-order chi connectivity index (χ1) is 7.84. The van der Waals surface area contributed by atoms with Gasteiger partial charge in [-0.1, -0.05) is 0 Å². The summed E-state index contributed by atoms with van der Waals surface area (Å²) >= 11 is 1.58. The van der Waals surface area contributed by atoms with Gasteiger partial charge < -0.3 is 10.1 Å². The summed E-state index contributed by atoms with van der Waals surface area (Å²) in [6, 6.07) is 5.81. The van der Waals surface area contributed by atoms with Gasteiger partial charge in [0.05, 0.1) is 11.7 Å². The van der Waals surface area contributed by atoms with E-state index in [1.807, 2.05) is 29.0 Å². The van der Waals surface area contributed by atoms with Gasteiger partial charge in [0.2, 0.25) is 0 Å². The second kappa shape index (κ2) is 3.73. The molecular formula is C12H10N2OS. The Bertz CT molecular complexity index is 567. The summed E-state index contributed by atoms with van der Waals surface area (Å²) in [6.07, 6.45) is 2.93. The van der Waals surface area contributed by atoms with E-state index in [2.05, 4.69) is 9.97 Å². The van der Waals surface area contributed by atoms with E-state index in [1.54, 1.807) is 23.7 Å². The quantitative estimate of drug-likeness (QED) is 0.711. The number of thiophene rings is 1. The number of aliphatic hydroxyl groups excluding tert-OH is 1. The zero-order valence-corrected chi connectivity index (χ0v) is 9.24. The largest absolute Gasteiger partial charge is 0.382 e. The average Bonchev–Trinajstić information content (AvgIpc) is 2.97. The highest BCUT2D eigenvalue weighted by Crippen LogP contribution is 2.25. The number of aromatic amines is 1. The molecule has 3 aromatic rings. The van der Waals surface area contributed by atoms with Crippen molar-refractivity contribution in [3.8, 4) is 0 Å². The molecular weight excluding hydrogens is 220 g/mol. The molecule has 0 amide bonds. The number of fused-ring (bicyclic) bond motifs is 1. The Labute approximate surface area is 96.4 Å². The lowest BCUT2D eigenvalue weighted by molar-refractivity contribution is 0.217. The van der Waals surface area contributed by atoms with Crippen molar-refractivity contribution in [1.82, 2.24) is 9.97 Å². The van der Waals surface area contributed by atoms with Crippen LogP contribution in [0.25, 0.3) is 10.9 Å². The maximum Gasteiger partial charge on any atom is 0.120 e. The van der Waals surface area contributed by atoms with Crippen LogP contribution >= 0.6 is 11.3 Å². The highest BCUT2D eigenvalue weighted by atomic mass is 32.1. The number of hydrogen-bond acceptors (Lipinski definition) is 3. The molecule has 3 nitrogen and oxygen atoms in total. The number of rotatable bonds is 2. The predicted molar refractivity (Wildman–Crippen MR) is 64.5 cm³/mol. The van der Waals surface area contributed by atoms with Gasteiger partial charge in [-0.2, -0.15) is 11.3 Å². The zero-order chi connectivity index (χ0) is 11.0. The predicted octanol–water partition coefficient (Wildman–Crippen LogP) is 2.71. The summed E-state index contributed by atoms with van der Waals surface area (Å²) in [5.74, 6) is 0. The van der Waals surface area contributed by atoms with Crippen molar-refractivity contribution >= 4 is 22.2 Å². The van der Waals surface area contributed by atoms with Crippen LogP contribution in [0.1, 0.15) is 17.4 Å². The molecule has 1 atom stereocenters. The Morgan fingerprint density at radius 3 is 3.06 bits per heavy atom. The molecule has 80 valence electrons. The van der Waals surface area contributed by atoms with E-state index in [9.17, 15) is 5.11 Å². The first kappa shape index (κ1) is 9.57. The van der Waals surface area contributed by atoms with Gasteiger partial charge in [-0.15, -0.1) is 0 Å². The van der Waals surface area contributed by atoms with Crippen LogP contribution < -0.4 is 0 Å². The standard InChI is InChI=1S/C12H10N2OS/c15-12(9-2-4-16-7-9)10-5-8-1-3-13-6-11(8)14-10/h1-7,12,14-15H/t12-/m1/s1. The third-order valence-corrected chi connectivity index (χ3v) is 3.30. The topological polar surface area (TPSA) is 48.9 Å². The summed E-state index contributed by atoms with van der Waals surface area (Å²) in [4.78, 5) is 7.21. The first-order valence-corrected chi connectivity index (χ1v) is 5.91. The molecule has 0 aromatic carbocycles. The van der Waals surface area contributed by atoms with Crippen LogP contribution in [-0.4, -0.2) is 15.1 Å². The molecule has 4 heteroatoms. The first-order valence-electron chi connectivity index (χ1n) is 4.97. The van der Waals surface area contributed by atoms with E-state index in [0.29, 0.717) is 0 Å². The number of pyridine rings is 1. The van der Waals surface area contributed by atoms with E-state index in [0.717, 1.165) is 22.2 Å². The zero-order valence-electron chi connectivity index (χ0n) is 8.42. The summed E-state index contributed by atoms with van der Waals surface area (Å²) in [5.41, 5.74) is 2.68. The number of hydrogen-bond donors (Lipinski definition) is 2. The molecule has 0 aliphatic heterocycles. The summed E-state index contributed by atoms with van der Waals surface area (Å²) in [7, 11) is 0. The van der Waals surface area contributed by atoms with Crippen molar-refractivity contribution in [2.45, 2.75) is 6.10 Å². The number of nitrogens with zero attached hydrogens (tertiary/aromatic N) is 1. The van der Waals surface area contributed by atoms with E-state index in [4.69, 9.17) is 0 Å². The van der Waals surface area contributed by atoms with Gasteiger partial charge in [-0.25, -0.2) is 0 Å². The van der Waals surface area contributed by atoms with Crippen LogP contribution in [0, 0.1) is 0 Å². The molecule has 0 aliphatic carbocycles. The molecule has 0 spiro atoms. The summed E-state index contributed by atoms with van der Waals surface area (Å²) in [6.45, 7) is 0. The normalized spacial score (nSPS) is 13.1. The minimum atomic E-state index is -0.585. The van der Waals surface area contributed by atoms with Gasteiger partial charge in [0.15, 0.2) is 0 Å². The van der Waals surface area contributed by atoms with Gasteiger partial charge in [-0.3, -0.25) is 4.98 Å². The van der Waals surface area contributed by atoms with Crippen molar-refractivity contribution in [2.24, 2.45) is 0 Å². The lowest BCUT2D eigenvalue weighted by atomic mass is 10.1. The maximum atomic E-state index is 10.1. The Hall–Kier alpha value is -1.65. The number of aromatic nitrogens is 2. The molecule has 0 aliphatic rings. The minimum absolute atomic E-state index is 0.585. The number of H-pyrrole nitrogens is 1. The summed E-state index contributed by atoms with van der Waals surface area (Å²) < 4.78 is 0. The van der Waals surface area contributed by atoms with E-state index in [1.165, 1.54) is 0 Å². The molecule has 2 N–H and O–H groups in total. The number of aliphatic hydroxyl groups is 1. The monoisotopic (exact) mass is 230 g/mol. The average molecular weight is 230 g/mol.